The first-order valence-electron chi connectivity index (χ1n) is 11.0. The summed E-state index contributed by atoms with van der Waals surface area (Å²) in [5.74, 6) is -2.76. The Hall–Kier alpha value is -3.68. The number of carbonyl (C=O) groups is 1. The van der Waals surface area contributed by atoms with E-state index in [-0.39, 0.29) is 11.5 Å². The van der Waals surface area contributed by atoms with Gasteiger partial charge in [-0.05, 0) is 36.8 Å². The van der Waals surface area contributed by atoms with Crippen molar-refractivity contribution in [3.8, 4) is 6.07 Å². The monoisotopic (exact) mass is 486 g/mol. The maximum Gasteiger partial charge on any atom is 0.490 e. The van der Waals surface area contributed by atoms with Gasteiger partial charge in [-0.15, -0.1) is 0 Å². The van der Waals surface area contributed by atoms with Crippen molar-refractivity contribution in [2.45, 2.75) is 25.7 Å². The molecule has 0 saturated carbocycles. The summed E-state index contributed by atoms with van der Waals surface area (Å²) in [5.41, 5.74) is 3.84. The van der Waals surface area contributed by atoms with Gasteiger partial charge in [0.05, 0.1) is 11.6 Å². The minimum Gasteiger partial charge on any atom is -0.475 e. The van der Waals surface area contributed by atoms with E-state index < -0.39 is 12.1 Å². The van der Waals surface area contributed by atoms with Crippen LogP contribution in [0.1, 0.15) is 29.8 Å². The zero-order valence-corrected chi connectivity index (χ0v) is 19.0. The van der Waals surface area contributed by atoms with Gasteiger partial charge in [0.25, 0.3) is 0 Å². The summed E-state index contributed by atoms with van der Waals surface area (Å²) in [5, 5.41) is 17.0. The van der Waals surface area contributed by atoms with Gasteiger partial charge >= 0.3 is 12.1 Å². The molecule has 0 aliphatic carbocycles. The van der Waals surface area contributed by atoms with E-state index in [4.69, 9.17) is 15.2 Å². The molecule has 0 spiro atoms. The molecule has 35 heavy (non-hydrogen) atoms. The number of H-pyrrole nitrogens is 1. The first kappa shape index (κ1) is 25.9. The molecular formula is C25H25F3N4O3. The highest BCUT2D eigenvalue weighted by Gasteiger charge is 2.38. The summed E-state index contributed by atoms with van der Waals surface area (Å²) in [6.45, 7) is 6.80. The number of alkyl halides is 3. The average molecular weight is 486 g/mol. The summed E-state index contributed by atoms with van der Waals surface area (Å²) in [7, 11) is 0. The van der Waals surface area contributed by atoms with Crippen LogP contribution in [0.15, 0.2) is 59.4 Å². The highest BCUT2D eigenvalue weighted by molar-refractivity contribution is 5.78. The number of para-hydroxylation sites is 1. The topological polar surface area (TPSA) is 100 Å². The highest BCUT2D eigenvalue weighted by atomic mass is 19.4. The van der Waals surface area contributed by atoms with E-state index >= 15 is 0 Å². The van der Waals surface area contributed by atoms with E-state index in [1.54, 1.807) is 6.07 Å². The molecule has 0 radical (unpaired) electrons. The molecular weight excluding hydrogens is 461 g/mol. The summed E-state index contributed by atoms with van der Waals surface area (Å²) < 4.78 is 31.7. The third-order valence-corrected chi connectivity index (χ3v) is 5.88. The summed E-state index contributed by atoms with van der Waals surface area (Å²) in [6, 6.07) is 19.8. The van der Waals surface area contributed by atoms with Crippen molar-refractivity contribution in [1.82, 2.24) is 14.8 Å². The van der Waals surface area contributed by atoms with Crippen LogP contribution >= 0.6 is 0 Å². The summed E-state index contributed by atoms with van der Waals surface area (Å²) in [6.07, 6.45) is -5.08. The van der Waals surface area contributed by atoms with Crippen LogP contribution in [0.3, 0.4) is 0 Å². The maximum atomic E-state index is 12.3. The highest BCUT2D eigenvalue weighted by Crippen LogP contribution is 2.23. The second-order valence-electron chi connectivity index (χ2n) is 8.23. The standard InChI is InChI=1S/C23H24N4O.C2HF3O2/c1-17(19-6-4-5-18(13-19)15-24)27-11-9-26(10-12-27)16-20-14-23(28)21-7-2-3-8-22(21)25-20;3-2(4,5)1(6)7/h2-8,13-14,17H,9-12,16H2,1H3,(H,25,28);(H,6,7). The summed E-state index contributed by atoms with van der Waals surface area (Å²) in [4.78, 5) is 29.5. The van der Waals surface area contributed by atoms with Gasteiger partial charge in [0.15, 0.2) is 5.43 Å². The summed E-state index contributed by atoms with van der Waals surface area (Å²) >= 11 is 0. The molecule has 3 aromatic rings. The number of hydrogen-bond donors (Lipinski definition) is 2. The molecule has 1 unspecified atom stereocenters. The van der Waals surface area contributed by atoms with Gasteiger partial charge in [-0.3, -0.25) is 14.6 Å². The second-order valence-corrected chi connectivity index (χ2v) is 8.23. The quantitative estimate of drug-likeness (QED) is 0.580. The molecule has 1 aromatic heterocycles. The molecule has 0 bridgehead atoms. The average Bonchev–Trinajstić information content (AvgIpc) is 2.84. The smallest absolute Gasteiger partial charge is 0.475 e. The third kappa shape index (κ3) is 6.91. The molecule has 1 saturated heterocycles. The molecule has 2 N–H and O–H groups in total. The first-order chi connectivity index (χ1) is 16.6. The number of benzene rings is 2. The molecule has 10 heteroatoms. The van der Waals surface area contributed by atoms with Crippen LogP contribution in [0.5, 0.6) is 0 Å². The largest absolute Gasteiger partial charge is 0.490 e. The van der Waals surface area contributed by atoms with Gasteiger partial charge in [-0.1, -0.05) is 24.3 Å². The number of nitriles is 1. The number of aromatic nitrogens is 1. The van der Waals surface area contributed by atoms with Crippen molar-refractivity contribution in [2.75, 3.05) is 26.2 Å². The number of piperazine rings is 1. The number of fused-ring (bicyclic) bond motifs is 1. The number of pyridine rings is 1. The number of carboxylic acids is 1. The number of rotatable bonds is 4. The Morgan fingerprint density at radius 3 is 2.40 bits per heavy atom. The van der Waals surface area contributed by atoms with Crippen LogP contribution in [-0.4, -0.2) is 58.2 Å². The maximum absolute atomic E-state index is 12.3. The van der Waals surface area contributed by atoms with Crippen LogP contribution in [0.2, 0.25) is 0 Å². The molecule has 1 atom stereocenters. The van der Waals surface area contributed by atoms with E-state index in [9.17, 15) is 18.0 Å². The van der Waals surface area contributed by atoms with Crippen LogP contribution in [-0.2, 0) is 11.3 Å². The minimum absolute atomic E-state index is 0.0778. The zero-order chi connectivity index (χ0) is 25.6. The zero-order valence-electron chi connectivity index (χ0n) is 19.0. The fourth-order valence-corrected chi connectivity index (χ4v) is 3.97. The predicted molar refractivity (Wildman–Crippen MR) is 125 cm³/mol. The van der Waals surface area contributed by atoms with Crippen molar-refractivity contribution in [2.24, 2.45) is 0 Å². The predicted octanol–water partition coefficient (Wildman–Crippen LogP) is 3.91. The van der Waals surface area contributed by atoms with E-state index in [1.807, 2.05) is 42.5 Å². The van der Waals surface area contributed by atoms with E-state index in [0.29, 0.717) is 5.56 Å². The van der Waals surface area contributed by atoms with E-state index in [0.717, 1.165) is 49.3 Å². The van der Waals surface area contributed by atoms with E-state index in [2.05, 4.69) is 33.8 Å². The lowest BCUT2D eigenvalue weighted by atomic mass is 10.0. The Bertz CT molecular complexity index is 1280. The van der Waals surface area contributed by atoms with Crippen LogP contribution < -0.4 is 5.43 Å². The molecule has 1 aliphatic heterocycles. The van der Waals surface area contributed by atoms with Crippen molar-refractivity contribution in [3.63, 3.8) is 0 Å². The number of nitrogens with one attached hydrogen (secondary N) is 1. The molecule has 2 aromatic carbocycles. The van der Waals surface area contributed by atoms with E-state index in [1.165, 1.54) is 5.56 Å². The van der Waals surface area contributed by atoms with Crippen LogP contribution in [0, 0.1) is 11.3 Å². The van der Waals surface area contributed by atoms with Crippen molar-refractivity contribution < 1.29 is 23.1 Å². The molecule has 1 fully saturated rings. The van der Waals surface area contributed by atoms with Crippen LogP contribution in [0.4, 0.5) is 13.2 Å². The Morgan fingerprint density at radius 2 is 1.77 bits per heavy atom. The molecule has 7 nitrogen and oxygen atoms in total. The van der Waals surface area contributed by atoms with Crippen molar-refractivity contribution in [1.29, 1.82) is 5.26 Å². The van der Waals surface area contributed by atoms with Gasteiger partial charge < -0.3 is 10.1 Å². The lowest BCUT2D eigenvalue weighted by molar-refractivity contribution is -0.192. The molecule has 1 aliphatic rings. The lowest BCUT2D eigenvalue weighted by Gasteiger charge is -2.38. The van der Waals surface area contributed by atoms with Crippen LogP contribution in [0.25, 0.3) is 10.9 Å². The second kappa shape index (κ2) is 11.2. The van der Waals surface area contributed by atoms with Crippen molar-refractivity contribution in [3.05, 3.63) is 81.6 Å². The number of nitrogens with zero attached hydrogens (tertiary/aromatic N) is 3. The fourth-order valence-electron chi connectivity index (χ4n) is 3.97. The number of aliphatic carboxylic acids is 1. The van der Waals surface area contributed by atoms with Gasteiger partial charge in [0.1, 0.15) is 0 Å². The third-order valence-electron chi connectivity index (χ3n) is 5.88. The number of carboxylic acid groups (broad SMARTS) is 1. The Morgan fingerprint density at radius 1 is 1.11 bits per heavy atom. The van der Waals surface area contributed by atoms with Gasteiger partial charge in [-0.25, -0.2) is 4.79 Å². The Kier molecular flexibility index (Phi) is 8.27. The van der Waals surface area contributed by atoms with Gasteiger partial charge in [0.2, 0.25) is 0 Å². The molecule has 0 amide bonds. The van der Waals surface area contributed by atoms with Gasteiger partial charge in [0, 0.05) is 61.4 Å². The molecule has 184 valence electrons. The Labute approximate surface area is 200 Å². The number of hydrogen-bond acceptors (Lipinski definition) is 5. The Balaban J connectivity index is 0.000000429. The number of aromatic amines is 1. The van der Waals surface area contributed by atoms with Crippen molar-refractivity contribution >= 4 is 16.9 Å². The SMILES string of the molecule is CC(c1cccc(C#N)c1)N1CCN(Cc2cc(=O)c3ccccc3[nH]2)CC1.O=C(O)C(F)(F)F. The minimum atomic E-state index is -5.08. The molecule has 4 rings (SSSR count). The van der Waals surface area contributed by atoms with Gasteiger partial charge in [-0.2, -0.15) is 18.4 Å². The number of halogens is 3. The fraction of sp³-hybridized carbons (Fsp3) is 0.320. The first-order valence-corrected chi connectivity index (χ1v) is 11.0. The normalized spacial score (nSPS) is 15.6. The molecule has 2 heterocycles. The lowest BCUT2D eigenvalue weighted by Crippen LogP contribution is -2.46.